The third-order valence-corrected chi connectivity index (χ3v) is 1.70. The number of rotatable bonds is 7. The first kappa shape index (κ1) is 12.2. The molecule has 0 aliphatic carbocycles. The largest absolute Gasteiger partial charge is 0.396 e. The monoisotopic (exact) mass is 185 g/mol. The van der Waals surface area contributed by atoms with Gasteiger partial charge in [0.1, 0.15) is 0 Å². The van der Waals surface area contributed by atoms with E-state index in [1.807, 2.05) is 6.92 Å². The van der Waals surface area contributed by atoms with Crippen molar-refractivity contribution in [3.05, 3.63) is 12.2 Å². The van der Waals surface area contributed by atoms with Crippen LogP contribution in [0.1, 0.15) is 32.6 Å². The lowest BCUT2D eigenvalue weighted by Crippen LogP contribution is -2.21. The number of unbranched alkanes of at least 4 members (excludes halogenated alkanes) is 3. The van der Waals surface area contributed by atoms with Crippen LogP contribution in [0, 0.1) is 0 Å². The molecule has 0 rings (SSSR count). The molecule has 2 N–H and O–H groups in total. The fraction of sp³-hybridized carbons (Fsp3) is 0.700. The molecule has 0 bridgehead atoms. The van der Waals surface area contributed by atoms with Crippen LogP contribution in [-0.2, 0) is 4.79 Å². The normalized spacial score (nSPS) is 10.6. The molecule has 0 unspecified atom stereocenters. The highest BCUT2D eigenvalue weighted by Gasteiger charge is 1.93. The van der Waals surface area contributed by atoms with E-state index in [4.69, 9.17) is 5.11 Å². The Kier molecular flexibility index (Phi) is 8.67. The molecule has 1 amide bonds. The van der Waals surface area contributed by atoms with E-state index in [1.54, 1.807) is 6.08 Å². The molecule has 3 nitrogen and oxygen atoms in total. The Morgan fingerprint density at radius 1 is 1.31 bits per heavy atom. The summed E-state index contributed by atoms with van der Waals surface area (Å²) < 4.78 is 0. The van der Waals surface area contributed by atoms with E-state index in [1.165, 1.54) is 6.08 Å². The summed E-state index contributed by atoms with van der Waals surface area (Å²) in [6, 6.07) is 0. The Morgan fingerprint density at radius 2 is 2.00 bits per heavy atom. The van der Waals surface area contributed by atoms with Crippen molar-refractivity contribution in [3.63, 3.8) is 0 Å². The van der Waals surface area contributed by atoms with Gasteiger partial charge in [-0.3, -0.25) is 4.79 Å². The van der Waals surface area contributed by atoms with Crippen LogP contribution in [0.3, 0.4) is 0 Å². The summed E-state index contributed by atoms with van der Waals surface area (Å²) in [7, 11) is 0. The van der Waals surface area contributed by atoms with Gasteiger partial charge in [0, 0.05) is 13.2 Å². The van der Waals surface area contributed by atoms with Crippen LogP contribution in [0.4, 0.5) is 0 Å². The average Bonchev–Trinajstić information content (AvgIpc) is 2.11. The number of allylic oxidation sites excluding steroid dienone is 1. The van der Waals surface area contributed by atoms with Crippen LogP contribution in [0.2, 0.25) is 0 Å². The third-order valence-electron chi connectivity index (χ3n) is 1.70. The average molecular weight is 185 g/mol. The molecule has 0 aliphatic rings. The number of carbonyl (C=O) groups is 1. The van der Waals surface area contributed by atoms with Gasteiger partial charge in [-0.25, -0.2) is 0 Å². The van der Waals surface area contributed by atoms with Crippen molar-refractivity contribution < 1.29 is 9.90 Å². The lowest BCUT2D eigenvalue weighted by atomic mass is 10.2. The van der Waals surface area contributed by atoms with E-state index < -0.39 is 0 Å². The number of carbonyl (C=O) groups excluding carboxylic acids is 1. The molecule has 0 spiro atoms. The maximum atomic E-state index is 10.9. The van der Waals surface area contributed by atoms with Gasteiger partial charge in [-0.1, -0.05) is 18.9 Å². The van der Waals surface area contributed by atoms with Gasteiger partial charge in [0.15, 0.2) is 0 Å². The van der Waals surface area contributed by atoms with Gasteiger partial charge < -0.3 is 10.4 Å². The number of aliphatic hydroxyl groups excluding tert-OH is 1. The first-order valence-electron chi connectivity index (χ1n) is 4.82. The minimum Gasteiger partial charge on any atom is -0.396 e. The van der Waals surface area contributed by atoms with E-state index >= 15 is 0 Å². The second kappa shape index (κ2) is 9.26. The van der Waals surface area contributed by atoms with E-state index in [-0.39, 0.29) is 12.5 Å². The number of amides is 1. The van der Waals surface area contributed by atoms with Crippen LogP contribution in [0.5, 0.6) is 0 Å². The molecular weight excluding hydrogens is 166 g/mol. The summed E-state index contributed by atoms with van der Waals surface area (Å²) in [6.07, 6.45) is 7.20. The number of aliphatic hydroxyl groups is 1. The summed E-state index contributed by atoms with van der Waals surface area (Å²) >= 11 is 0. The smallest absolute Gasteiger partial charge is 0.243 e. The molecule has 0 heterocycles. The van der Waals surface area contributed by atoms with Crippen LogP contribution in [0.25, 0.3) is 0 Å². The topological polar surface area (TPSA) is 49.3 Å². The summed E-state index contributed by atoms with van der Waals surface area (Å²) in [5.74, 6) is -0.0235. The Balaban J connectivity index is 3.11. The van der Waals surface area contributed by atoms with Crippen molar-refractivity contribution in [2.45, 2.75) is 32.6 Å². The van der Waals surface area contributed by atoms with E-state index in [2.05, 4.69) is 5.32 Å². The highest BCUT2D eigenvalue weighted by molar-refractivity contribution is 5.87. The van der Waals surface area contributed by atoms with Gasteiger partial charge >= 0.3 is 0 Å². The lowest BCUT2D eigenvalue weighted by Gasteiger charge is -2.01. The Bertz CT molecular complexity index is 155. The Morgan fingerprint density at radius 3 is 2.62 bits per heavy atom. The third kappa shape index (κ3) is 9.08. The molecule has 0 aromatic heterocycles. The zero-order chi connectivity index (χ0) is 9.94. The van der Waals surface area contributed by atoms with Crippen LogP contribution >= 0.6 is 0 Å². The zero-order valence-electron chi connectivity index (χ0n) is 8.25. The van der Waals surface area contributed by atoms with Crippen molar-refractivity contribution in [2.75, 3.05) is 13.2 Å². The molecule has 0 saturated heterocycles. The van der Waals surface area contributed by atoms with Crippen molar-refractivity contribution >= 4 is 5.91 Å². The Hall–Kier alpha value is -0.830. The molecule has 0 fully saturated rings. The molecule has 0 radical (unpaired) electrons. The molecule has 0 aliphatic heterocycles. The second-order valence-corrected chi connectivity index (χ2v) is 2.93. The fourth-order valence-electron chi connectivity index (χ4n) is 1.01. The molecule has 0 saturated carbocycles. The maximum absolute atomic E-state index is 10.9. The van der Waals surface area contributed by atoms with Gasteiger partial charge in [-0.2, -0.15) is 0 Å². The van der Waals surface area contributed by atoms with E-state index in [0.717, 1.165) is 32.2 Å². The van der Waals surface area contributed by atoms with Gasteiger partial charge in [0.25, 0.3) is 0 Å². The Labute approximate surface area is 79.8 Å². The zero-order valence-corrected chi connectivity index (χ0v) is 8.25. The molecule has 13 heavy (non-hydrogen) atoms. The van der Waals surface area contributed by atoms with E-state index in [9.17, 15) is 4.79 Å². The highest BCUT2D eigenvalue weighted by atomic mass is 16.2. The minimum atomic E-state index is -0.0235. The predicted octanol–water partition coefficient (Wildman–Crippen LogP) is 1.23. The number of hydrogen-bond acceptors (Lipinski definition) is 2. The van der Waals surface area contributed by atoms with Crippen molar-refractivity contribution in [2.24, 2.45) is 0 Å². The molecule has 76 valence electrons. The molecule has 0 atom stereocenters. The summed E-state index contributed by atoms with van der Waals surface area (Å²) in [6.45, 7) is 2.82. The van der Waals surface area contributed by atoms with Crippen molar-refractivity contribution in [1.82, 2.24) is 5.32 Å². The SMILES string of the molecule is C/C=C/C(=O)NCCCCCCO. The maximum Gasteiger partial charge on any atom is 0.243 e. The van der Waals surface area contributed by atoms with Crippen molar-refractivity contribution in [3.8, 4) is 0 Å². The predicted molar refractivity (Wildman–Crippen MR) is 53.4 cm³/mol. The minimum absolute atomic E-state index is 0.0235. The lowest BCUT2D eigenvalue weighted by molar-refractivity contribution is -0.116. The summed E-state index contributed by atoms with van der Waals surface area (Å²) in [5.41, 5.74) is 0. The van der Waals surface area contributed by atoms with Gasteiger partial charge in [-0.05, 0) is 25.8 Å². The second-order valence-electron chi connectivity index (χ2n) is 2.93. The standard InChI is InChI=1S/C10H19NO2/c1-2-7-10(13)11-8-5-3-4-6-9-12/h2,7,12H,3-6,8-9H2,1H3,(H,11,13)/b7-2+. The molecular formula is C10H19NO2. The highest BCUT2D eigenvalue weighted by Crippen LogP contribution is 1.97. The number of hydrogen-bond donors (Lipinski definition) is 2. The molecule has 3 heteroatoms. The van der Waals surface area contributed by atoms with Crippen LogP contribution in [0.15, 0.2) is 12.2 Å². The van der Waals surface area contributed by atoms with Crippen LogP contribution < -0.4 is 5.32 Å². The summed E-state index contributed by atoms with van der Waals surface area (Å²) in [5, 5.41) is 11.3. The molecule has 0 aromatic carbocycles. The van der Waals surface area contributed by atoms with E-state index in [0.29, 0.717) is 0 Å². The first-order valence-corrected chi connectivity index (χ1v) is 4.82. The van der Waals surface area contributed by atoms with Gasteiger partial charge in [0.2, 0.25) is 5.91 Å². The quantitative estimate of drug-likeness (QED) is 0.463. The fourth-order valence-corrected chi connectivity index (χ4v) is 1.01. The van der Waals surface area contributed by atoms with Gasteiger partial charge in [0.05, 0.1) is 0 Å². The van der Waals surface area contributed by atoms with Crippen molar-refractivity contribution in [1.29, 1.82) is 0 Å². The number of nitrogens with one attached hydrogen (secondary N) is 1. The first-order chi connectivity index (χ1) is 6.31. The van der Waals surface area contributed by atoms with Crippen LogP contribution in [-0.4, -0.2) is 24.2 Å². The van der Waals surface area contributed by atoms with Gasteiger partial charge in [-0.15, -0.1) is 0 Å². The summed E-state index contributed by atoms with van der Waals surface area (Å²) in [4.78, 5) is 10.9. The molecule has 0 aromatic rings.